The van der Waals surface area contributed by atoms with Crippen molar-refractivity contribution >= 4 is 23.0 Å². The molecule has 150 valence electrons. The van der Waals surface area contributed by atoms with Gasteiger partial charge in [-0.05, 0) is 24.7 Å². The number of hydrogen-bond acceptors (Lipinski definition) is 6. The molecule has 0 fully saturated rings. The third-order valence-electron chi connectivity index (χ3n) is 3.41. The Hall–Kier alpha value is -2.66. The minimum Gasteiger partial charge on any atom is -0.475 e. The molecule has 2 rings (SSSR count). The summed E-state index contributed by atoms with van der Waals surface area (Å²) in [5.41, 5.74) is 1.85. The van der Waals surface area contributed by atoms with Crippen LogP contribution in [-0.4, -0.2) is 70.1 Å². The van der Waals surface area contributed by atoms with E-state index in [2.05, 4.69) is 4.98 Å². The molecule has 0 atom stereocenters. The van der Waals surface area contributed by atoms with Crippen molar-refractivity contribution in [2.45, 2.75) is 19.3 Å². The van der Waals surface area contributed by atoms with Gasteiger partial charge in [0.25, 0.3) is 0 Å². The zero-order chi connectivity index (χ0) is 20.6. The summed E-state index contributed by atoms with van der Waals surface area (Å²) in [7, 11) is 3.31. The second-order valence-corrected chi connectivity index (χ2v) is 5.50. The number of rotatable bonds is 6. The van der Waals surface area contributed by atoms with Crippen LogP contribution >= 0.6 is 0 Å². The molecule has 27 heavy (non-hydrogen) atoms. The van der Waals surface area contributed by atoms with E-state index in [0.29, 0.717) is 13.1 Å². The Bertz CT molecular complexity index is 776. The highest BCUT2D eigenvalue weighted by molar-refractivity contribution is 5.82. The van der Waals surface area contributed by atoms with Gasteiger partial charge in [0.2, 0.25) is 0 Å². The monoisotopic (exact) mass is 391 g/mol. The lowest BCUT2D eigenvalue weighted by atomic mass is 10.2. The number of ether oxygens (including phenoxy) is 1. The molecule has 2 aromatic heterocycles. The maximum absolute atomic E-state index is 11.4. The summed E-state index contributed by atoms with van der Waals surface area (Å²) < 4.78 is 38.2. The van der Waals surface area contributed by atoms with Crippen LogP contribution < -0.4 is 0 Å². The lowest BCUT2D eigenvalue weighted by Gasteiger charge is -2.13. The second-order valence-electron chi connectivity index (χ2n) is 5.50. The minimum atomic E-state index is -5.08. The number of carbonyl (C=O) groups excluding carboxylic acids is 1. The molecular formula is C16H20F3N3O5. The number of carbonyl (C=O) groups is 2. The van der Waals surface area contributed by atoms with Crippen LogP contribution in [0.5, 0.6) is 0 Å². The van der Waals surface area contributed by atoms with E-state index in [1.807, 2.05) is 30.3 Å². The number of aliphatic hydroxyl groups is 1. The van der Waals surface area contributed by atoms with Crippen LogP contribution in [0.4, 0.5) is 13.2 Å². The van der Waals surface area contributed by atoms with Crippen molar-refractivity contribution < 1.29 is 37.7 Å². The Morgan fingerprint density at radius 2 is 2.00 bits per heavy atom. The second kappa shape index (κ2) is 9.88. The number of aromatic nitrogens is 2. The van der Waals surface area contributed by atoms with Crippen LogP contribution in [0.3, 0.4) is 0 Å². The highest BCUT2D eigenvalue weighted by atomic mass is 19.4. The fourth-order valence-electron chi connectivity index (χ4n) is 2.19. The smallest absolute Gasteiger partial charge is 0.475 e. The molecule has 11 heteroatoms. The molecule has 0 amide bonds. The van der Waals surface area contributed by atoms with Gasteiger partial charge in [0.1, 0.15) is 12.2 Å². The Labute approximate surface area is 152 Å². The van der Waals surface area contributed by atoms with E-state index in [-0.39, 0.29) is 19.1 Å². The number of likely N-dealkylation sites (N-methyl/N-ethyl adjacent to an activating group) is 1. The van der Waals surface area contributed by atoms with Gasteiger partial charge in [-0.1, -0.05) is 0 Å². The Morgan fingerprint density at radius 1 is 1.37 bits per heavy atom. The van der Waals surface area contributed by atoms with Crippen molar-refractivity contribution in [2.24, 2.45) is 0 Å². The molecule has 2 aromatic rings. The number of pyridine rings is 1. The molecule has 0 aromatic carbocycles. The fourth-order valence-corrected chi connectivity index (χ4v) is 2.19. The van der Waals surface area contributed by atoms with Gasteiger partial charge in [-0.25, -0.2) is 9.78 Å². The maximum atomic E-state index is 11.4. The van der Waals surface area contributed by atoms with Crippen molar-refractivity contribution in [3.8, 4) is 0 Å². The third-order valence-corrected chi connectivity index (χ3v) is 3.41. The average Bonchev–Trinajstić information content (AvgIpc) is 2.92. The van der Waals surface area contributed by atoms with E-state index in [1.54, 1.807) is 10.8 Å². The van der Waals surface area contributed by atoms with E-state index in [1.165, 1.54) is 7.11 Å². The summed E-state index contributed by atoms with van der Waals surface area (Å²) in [5.74, 6) is -3.06. The van der Waals surface area contributed by atoms with Crippen molar-refractivity contribution in [1.82, 2.24) is 14.5 Å². The van der Waals surface area contributed by atoms with Crippen molar-refractivity contribution in [2.75, 3.05) is 27.3 Å². The first kappa shape index (κ1) is 22.4. The Kier molecular flexibility index (Phi) is 8.19. The van der Waals surface area contributed by atoms with Gasteiger partial charge >= 0.3 is 18.1 Å². The number of hydrogen-bond donors (Lipinski definition) is 2. The maximum Gasteiger partial charge on any atom is 0.490 e. The molecule has 2 N–H and O–H groups in total. The molecule has 0 spiro atoms. The number of halogens is 3. The number of esters is 1. The van der Waals surface area contributed by atoms with Crippen LogP contribution in [0.25, 0.3) is 11.0 Å². The molecular weight excluding hydrogens is 371 g/mol. The van der Waals surface area contributed by atoms with E-state index < -0.39 is 12.1 Å². The molecule has 0 aliphatic carbocycles. The molecule has 2 heterocycles. The summed E-state index contributed by atoms with van der Waals surface area (Å²) in [4.78, 5) is 26.7. The van der Waals surface area contributed by atoms with Gasteiger partial charge in [0.15, 0.2) is 0 Å². The lowest BCUT2D eigenvalue weighted by Crippen LogP contribution is -2.21. The molecule has 0 aliphatic heterocycles. The Balaban J connectivity index is 0.000000445. The van der Waals surface area contributed by atoms with E-state index in [0.717, 1.165) is 16.6 Å². The van der Waals surface area contributed by atoms with E-state index in [4.69, 9.17) is 19.7 Å². The highest BCUT2D eigenvalue weighted by Gasteiger charge is 2.38. The summed E-state index contributed by atoms with van der Waals surface area (Å²) >= 11 is 0. The number of aliphatic carboxylic acids is 1. The van der Waals surface area contributed by atoms with Crippen molar-refractivity contribution in [3.63, 3.8) is 0 Å². The molecule has 0 unspecified atom stereocenters. The predicted octanol–water partition coefficient (Wildman–Crippen LogP) is 1.27. The average molecular weight is 391 g/mol. The van der Waals surface area contributed by atoms with Crippen molar-refractivity contribution in [3.05, 3.63) is 30.1 Å². The van der Waals surface area contributed by atoms with E-state index >= 15 is 0 Å². The zero-order valence-electron chi connectivity index (χ0n) is 14.7. The summed E-state index contributed by atoms with van der Waals surface area (Å²) in [5, 5.41) is 17.1. The summed E-state index contributed by atoms with van der Waals surface area (Å²) in [6, 6.07) is 3.86. The quantitative estimate of drug-likeness (QED) is 0.715. The minimum absolute atomic E-state index is 0.121. The fraction of sp³-hybridized carbons (Fsp3) is 0.438. The number of fused-ring (bicyclic) bond motifs is 1. The van der Waals surface area contributed by atoms with Crippen LogP contribution in [0.2, 0.25) is 0 Å². The molecule has 0 bridgehead atoms. The van der Waals surface area contributed by atoms with Gasteiger partial charge in [0.05, 0.1) is 13.7 Å². The standard InChI is InChI=1S/C14H19N3O3.C2HF3O2/c1-16(6-7-18)8-11-9-17(10-13(19)20-2)14-12(11)4-3-5-15-14;3-2(4,5)1(6)7/h3-5,9,18H,6-8,10H2,1-2H3;(H,6,7). The predicted molar refractivity (Wildman–Crippen MR) is 88.9 cm³/mol. The Morgan fingerprint density at radius 3 is 2.52 bits per heavy atom. The molecule has 8 nitrogen and oxygen atoms in total. The van der Waals surface area contributed by atoms with Gasteiger partial charge in [-0.3, -0.25) is 9.69 Å². The van der Waals surface area contributed by atoms with Crippen LogP contribution in [-0.2, 0) is 27.4 Å². The van der Waals surface area contributed by atoms with Crippen LogP contribution in [0.15, 0.2) is 24.5 Å². The highest BCUT2D eigenvalue weighted by Crippen LogP contribution is 2.20. The first-order valence-corrected chi connectivity index (χ1v) is 7.69. The summed E-state index contributed by atoms with van der Waals surface area (Å²) in [6.07, 6.45) is -1.46. The third kappa shape index (κ3) is 6.87. The van der Waals surface area contributed by atoms with Crippen LogP contribution in [0.1, 0.15) is 5.56 Å². The summed E-state index contributed by atoms with van der Waals surface area (Å²) in [6.45, 7) is 1.56. The number of methoxy groups -OCH3 is 1. The topological polar surface area (TPSA) is 105 Å². The molecule has 0 radical (unpaired) electrons. The number of aliphatic hydroxyl groups excluding tert-OH is 1. The number of carboxylic acid groups (broad SMARTS) is 1. The number of carboxylic acids is 1. The van der Waals surface area contributed by atoms with Gasteiger partial charge < -0.3 is 19.5 Å². The van der Waals surface area contributed by atoms with Crippen molar-refractivity contribution in [1.29, 1.82) is 0 Å². The van der Waals surface area contributed by atoms with Crippen LogP contribution in [0, 0.1) is 0 Å². The van der Waals surface area contributed by atoms with Gasteiger partial charge in [0, 0.05) is 30.9 Å². The van der Waals surface area contributed by atoms with Gasteiger partial charge in [-0.2, -0.15) is 13.2 Å². The number of nitrogens with zero attached hydrogens (tertiary/aromatic N) is 3. The first-order valence-electron chi connectivity index (χ1n) is 7.69. The number of alkyl halides is 3. The van der Waals surface area contributed by atoms with E-state index in [9.17, 15) is 18.0 Å². The molecule has 0 saturated heterocycles. The normalized spacial score (nSPS) is 11.2. The zero-order valence-corrected chi connectivity index (χ0v) is 14.7. The molecule has 0 aliphatic rings. The SMILES string of the molecule is COC(=O)Cn1cc(CN(C)CCO)c2cccnc21.O=C(O)C(F)(F)F. The first-order chi connectivity index (χ1) is 12.6. The van der Waals surface area contributed by atoms with Gasteiger partial charge in [-0.15, -0.1) is 0 Å². The molecule has 0 saturated carbocycles. The lowest BCUT2D eigenvalue weighted by molar-refractivity contribution is -0.192. The largest absolute Gasteiger partial charge is 0.490 e.